The lowest BCUT2D eigenvalue weighted by Crippen LogP contribution is -2.19. The molecule has 2 aromatic heterocycles. The largest absolute Gasteiger partial charge is 0.439 e. The van der Waals surface area contributed by atoms with Crippen LogP contribution in [0.1, 0.15) is 23.3 Å². The molecule has 1 aliphatic rings. The van der Waals surface area contributed by atoms with Crippen molar-refractivity contribution in [1.82, 2.24) is 15.3 Å². The summed E-state index contributed by atoms with van der Waals surface area (Å²) in [6.07, 6.45) is 4.52. The molecule has 1 saturated heterocycles. The molecule has 0 saturated carbocycles. The fourth-order valence-electron chi connectivity index (χ4n) is 2.98. The van der Waals surface area contributed by atoms with Gasteiger partial charge in [-0.1, -0.05) is 12.1 Å². The Morgan fingerprint density at radius 1 is 0.885 bits per heavy atom. The van der Waals surface area contributed by atoms with E-state index in [0.29, 0.717) is 22.3 Å². The van der Waals surface area contributed by atoms with Crippen LogP contribution in [0, 0.1) is 11.6 Å². The number of pyridine rings is 2. The van der Waals surface area contributed by atoms with Crippen molar-refractivity contribution in [2.24, 2.45) is 0 Å². The first-order chi connectivity index (χ1) is 12.6. The number of aromatic nitrogens is 2. The van der Waals surface area contributed by atoms with Crippen molar-refractivity contribution >= 4 is 6.09 Å². The van der Waals surface area contributed by atoms with Crippen molar-refractivity contribution in [3.63, 3.8) is 0 Å². The molecule has 26 heavy (non-hydrogen) atoms. The van der Waals surface area contributed by atoms with E-state index in [1.54, 1.807) is 30.6 Å². The average Bonchev–Trinajstić information content (AvgIpc) is 3.04. The zero-order chi connectivity index (χ0) is 18.1. The van der Waals surface area contributed by atoms with E-state index >= 15 is 0 Å². The highest BCUT2D eigenvalue weighted by Crippen LogP contribution is 2.37. The molecule has 0 bridgehead atoms. The van der Waals surface area contributed by atoms with Gasteiger partial charge >= 0.3 is 6.09 Å². The number of hydrogen-bond donors (Lipinski definition) is 1. The van der Waals surface area contributed by atoms with E-state index < -0.39 is 29.9 Å². The minimum Gasteiger partial charge on any atom is -0.439 e. The molecule has 2 atom stereocenters. The molecular formula is C19H13F2N3O2. The number of halogens is 2. The average molecular weight is 353 g/mol. The Bertz CT molecular complexity index is 980. The molecule has 3 aromatic rings. The van der Waals surface area contributed by atoms with Crippen LogP contribution in [0.3, 0.4) is 0 Å². The SMILES string of the molecule is O=C1N[C@H](c2cncc(-c3cncc(F)c3)c2)[C@@H](c2cccc(F)c2)O1. The van der Waals surface area contributed by atoms with Crippen LogP contribution in [0.25, 0.3) is 11.1 Å². The third kappa shape index (κ3) is 3.11. The molecule has 0 radical (unpaired) electrons. The topological polar surface area (TPSA) is 64.1 Å². The van der Waals surface area contributed by atoms with Gasteiger partial charge < -0.3 is 10.1 Å². The lowest BCUT2D eigenvalue weighted by molar-refractivity contribution is 0.132. The normalized spacial score (nSPS) is 19.1. The smallest absolute Gasteiger partial charge is 0.408 e. The Balaban J connectivity index is 1.71. The number of carbonyl (C=O) groups is 1. The van der Waals surface area contributed by atoms with Crippen molar-refractivity contribution in [3.8, 4) is 11.1 Å². The minimum absolute atomic E-state index is 0.415. The fourth-order valence-corrected chi connectivity index (χ4v) is 2.98. The maximum atomic E-state index is 13.6. The van der Waals surface area contributed by atoms with Gasteiger partial charge in [-0.25, -0.2) is 13.6 Å². The maximum absolute atomic E-state index is 13.6. The van der Waals surface area contributed by atoms with Gasteiger partial charge in [-0.2, -0.15) is 0 Å². The first-order valence-electron chi connectivity index (χ1n) is 7.88. The van der Waals surface area contributed by atoms with E-state index in [1.165, 1.54) is 24.4 Å². The lowest BCUT2D eigenvalue weighted by Gasteiger charge is -2.18. The van der Waals surface area contributed by atoms with E-state index in [2.05, 4.69) is 15.3 Å². The number of alkyl carbamates (subject to hydrolysis) is 1. The van der Waals surface area contributed by atoms with Gasteiger partial charge in [-0.05, 0) is 35.4 Å². The number of hydrogen-bond acceptors (Lipinski definition) is 4. The van der Waals surface area contributed by atoms with Gasteiger partial charge in [0.2, 0.25) is 0 Å². The van der Waals surface area contributed by atoms with Crippen LogP contribution in [-0.2, 0) is 4.74 Å². The van der Waals surface area contributed by atoms with Crippen molar-refractivity contribution in [2.45, 2.75) is 12.1 Å². The highest BCUT2D eigenvalue weighted by molar-refractivity contribution is 5.71. The van der Waals surface area contributed by atoms with Crippen LogP contribution in [0.2, 0.25) is 0 Å². The first kappa shape index (κ1) is 16.1. The van der Waals surface area contributed by atoms with Gasteiger partial charge in [-0.3, -0.25) is 9.97 Å². The van der Waals surface area contributed by atoms with Crippen LogP contribution in [0.15, 0.2) is 61.2 Å². The van der Waals surface area contributed by atoms with E-state index in [9.17, 15) is 13.6 Å². The molecule has 0 aliphatic carbocycles. The van der Waals surface area contributed by atoms with Crippen LogP contribution in [0.4, 0.5) is 13.6 Å². The second-order valence-electron chi connectivity index (χ2n) is 5.90. The second-order valence-corrected chi connectivity index (χ2v) is 5.90. The molecule has 1 aromatic carbocycles. The molecule has 0 unspecified atom stereocenters. The molecule has 1 N–H and O–H groups in total. The number of benzene rings is 1. The van der Waals surface area contributed by atoms with Gasteiger partial charge in [0.25, 0.3) is 0 Å². The van der Waals surface area contributed by atoms with Crippen LogP contribution in [0.5, 0.6) is 0 Å². The molecule has 1 fully saturated rings. The predicted molar refractivity (Wildman–Crippen MR) is 88.9 cm³/mol. The summed E-state index contributed by atoms with van der Waals surface area (Å²) in [5.41, 5.74) is 2.40. The zero-order valence-electron chi connectivity index (χ0n) is 13.4. The Morgan fingerprint density at radius 2 is 1.65 bits per heavy atom. The number of nitrogens with one attached hydrogen (secondary N) is 1. The molecule has 0 spiro atoms. The zero-order valence-corrected chi connectivity index (χ0v) is 13.4. The highest BCUT2D eigenvalue weighted by Gasteiger charge is 2.36. The summed E-state index contributed by atoms with van der Waals surface area (Å²) in [4.78, 5) is 19.8. The number of ether oxygens (including phenoxy) is 1. The lowest BCUT2D eigenvalue weighted by atomic mass is 9.96. The van der Waals surface area contributed by atoms with E-state index in [1.807, 2.05) is 0 Å². The molecule has 5 nitrogen and oxygen atoms in total. The second kappa shape index (κ2) is 6.51. The van der Waals surface area contributed by atoms with Crippen molar-refractivity contribution in [3.05, 3.63) is 83.9 Å². The number of rotatable bonds is 3. The van der Waals surface area contributed by atoms with Crippen molar-refractivity contribution < 1.29 is 18.3 Å². The predicted octanol–water partition coefficient (Wildman–Crippen LogP) is 3.94. The summed E-state index contributed by atoms with van der Waals surface area (Å²) < 4.78 is 32.3. The summed E-state index contributed by atoms with van der Waals surface area (Å²) in [6.45, 7) is 0. The monoisotopic (exact) mass is 353 g/mol. The molecule has 7 heteroatoms. The van der Waals surface area contributed by atoms with Crippen molar-refractivity contribution in [2.75, 3.05) is 0 Å². The molecular weight excluding hydrogens is 340 g/mol. The van der Waals surface area contributed by atoms with Crippen molar-refractivity contribution in [1.29, 1.82) is 0 Å². The maximum Gasteiger partial charge on any atom is 0.408 e. The molecule has 3 heterocycles. The summed E-state index contributed by atoms with van der Waals surface area (Å²) in [5.74, 6) is -0.870. The van der Waals surface area contributed by atoms with Crippen LogP contribution in [-0.4, -0.2) is 16.1 Å². The molecule has 1 aliphatic heterocycles. The van der Waals surface area contributed by atoms with Gasteiger partial charge in [0.1, 0.15) is 17.7 Å². The summed E-state index contributed by atoms with van der Waals surface area (Å²) in [7, 11) is 0. The third-order valence-electron chi connectivity index (χ3n) is 4.14. The summed E-state index contributed by atoms with van der Waals surface area (Å²) in [6, 6.07) is 8.47. The number of amides is 1. The summed E-state index contributed by atoms with van der Waals surface area (Å²) >= 11 is 0. The highest BCUT2D eigenvalue weighted by atomic mass is 19.1. The van der Waals surface area contributed by atoms with E-state index in [0.717, 1.165) is 6.20 Å². The Kier molecular flexibility index (Phi) is 4.04. The molecule has 1 amide bonds. The fraction of sp³-hybridized carbons (Fsp3) is 0.105. The minimum atomic E-state index is -0.694. The summed E-state index contributed by atoms with van der Waals surface area (Å²) in [5, 5.41) is 2.71. The first-order valence-corrected chi connectivity index (χ1v) is 7.88. The van der Waals surface area contributed by atoms with Gasteiger partial charge in [0.15, 0.2) is 6.10 Å². The van der Waals surface area contributed by atoms with E-state index in [-0.39, 0.29) is 0 Å². The van der Waals surface area contributed by atoms with E-state index in [4.69, 9.17) is 4.74 Å². The van der Waals surface area contributed by atoms with Crippen LogP contribution >= 0.6 is 0 Å². The Labute approximate surface area is 147 Å². The number of cyclic esters (lactones) is 1. The quantitative estimate of drug-likeness (QED) is 0.775. The number of nitrogens with zero attached hydrogens (tertiary/aromatic N) is 2. The Morgan fingerprint density at radius 3 is 2.42 bits per heavy atom. The molecule has 130 valence electrons. The van der Waals surface area contributed by atoms with Gasteiger partial charge in [0.05, 0.1) is 6.20 Å². The molecule has 4 rings (SSSR count). The third-order valence-corrected chi connectivity index (χ3v) is 4.14. The van der Waals surface area contributed by atoms with Gasteiger partial charge in [0, 0.05) is 29.7 Å². The Hall–Kier alpha value is -3.35. The standard InChI is InChI=1S/C19H13F2N3O2/c20-15-3-1-2-11(5-15)18-17(24-19(25)26-18)14-4-12(7-22-9-14)13-6-16(21)10-23-8-13/h1-10,17-18H,(H,24,25)/t17-,18-/m1/s1. The van der Waals surface area contributed by atoms with Gasteiger partial charge in [-0.15, -0.1) is 0 Å². The van der Waals surface area contributed by atoms with Crippen LogP contribution < -0.4 is 5.32 Å². The number of carbonyl (C=O) groups excluding carboxylic acids is 1.